The molecule has 1 spiro atoms. The zero-order valence-electron chi connectivity index (χ0n) is 20.0. The van der Waals surface area contributed by atoms with Crippen LogP contribution in [0.4, 0.5) is 5.69 Å². The van der Waals surface area contributed by atoms with Gasteiger partial charge in [0.2, 0.25) is 10.0 Å². The van der Waals surface area contributed by atoms with Gasteiger partial charge in [-0.05, 0) is 43.0 Å². The second-order valence-corrected chi connectivity index (χ2v) is 11.5. The lowest BCUT2D eigenvalue weighted by Gasteiger charge is -2.36. The van der Waals surface area contributed by atoms with Gasteiger partial charge in [0, 0.05) is 45.0 Å². The van der Waals surface area contributed by atoms with Crippen molar-refractivity contribution in [3.8, 4) is 0 Å². The predicted molar refractivity (Wildman–Crippen MR) is 135 cm³/mol. The van der Waals surface area contributed by atoms with Crippen LogP contribution >= 0.6 is 0 Å². The maximum Gasteiger partial charge on any atom is 0.272 e. The number of carbonyl (C=O) groups is 1. The number of hydrogen-bond donors (Lipinski definition) is 1. The zero-order valence-corrected chi connectivity index (χ0v) is 20.8. The van der Waals surface area contributed by atoms with E-state index in [1.807, 2.05) is 53.4 Å². The number of anilines is 1. The van der Waals surface area contributed by atoms with Crippen LogP contribution in [0.1, 0.15) is 24.0 Å². The number of piperazine rings is 1. The van der Waals surface area contributed by atoms with Crippen LogP contribution in [-0.4, -0.2) is 68.4 Å². The summed E-state index contributed by atoms with van der Waals surface area (Å²) in [7, 11) is -3.40. The summed E-state index contributed by atoms with van der Waals surface area (Å²) < 4.78 is 27.3. The highest BCUT2D eigenvalue weighted by molar-refractivity contribution is 7.88. The number of hydroxylamine groups is 1. The summed E-state index contributed by atoms with van der Waals surface area (Å²) in [5.41, 5.74) is 5.89. The van der Waals surface area contributed by atoms with E-state index in [0.29, 0.717) is 44.7 Å². The standard InChI is InChI=1S/C26H32N4O4S/c1-21-7-5-6-10-24(21)28-15-17-29(18-16-28)25(31)23-19-26(34-27-23)11-13-30(14-12-26)35(32,33)20-22-8-3-2-4-9-22/h2-10,19,27H,11-18,20H2,1H3. The number of hydrogen-bond acceptors (Lipinski definition) is 6. The molecule has 2 fully saturated rings. The van der Waals surface area contributed by atoms with Crippen LogP contribution in [0.15, 0.2) is 66.4 Å². The number of sulfonamides is 1. The van der Waals surface area contributed by atoms with Crippen molar-refractivity contribution in [2.45, 2.75) is 31.1 Å². The first-order chi connectivity index (χ1) is 16.9. The van der Waals surface area contributed by atoms with Crippen LogP contribution in [0.25, 0.3) is 0 Å². The maximum atomic E-state index is 13.2. The van der Waals surface area contributed by atoms with Gasteiger partial charge < -0.3 is 9.80 Å². The fourth-order valence-electron chi connectivity index (χ4n) is 5.09. The highest BCUT2D eigenvalue weighted by Gasteiger charge is 2.43. The minimum absolute atomic E-state index is 0.00595. The summed E-state index contributed by atoms with van der Waals surface area (Å²) >= 11 is 0. The van der Waals surface area contributed by atoms with Crippen LogP contribution in [0.3, 0.4) is 0 Å². The molecule has 0 saturated carbocycles. The SMILES string of the molecule is Cc1ccccc1N1CCN(C(=O)C2=CC3(CCN(S(=O)(=O)Cc4ccccc4)CC3)ON2)CC1. The quantitative estimate of drug-likeness (QED) is 0.685. The average molecular weight is 497 g/mol. The number of nitrogens with one attached hydrogen (secondary N) is 1. The van der Waals surface area contributed by atoms with Crippen molar-refractivity contribution in [3.05, 3.63) is 77.5 Å². The van der Waals surface area contributed by atoms with Gasteiger partial charge in [0.1, 0.15) is 11.3 Å². The third-order valence-electron chi connectivity index (χ3n) is 7.18. The summed E-state index contributed by atoms with van der Waals surface area (Å²) in [6.07, 6.45) is 2.88. The van der Waals surface area contributed by atoms with E-state index in [-0.39, 0.29) is 11.7 Å². The summed E-state index contributed by atoms with van der Waals surface area (Å²) in [5.74, 6) is -0.0704. The fourth-order valence-corrected chi connectivity index (χ4v) is 6.62. The van der Waals surface area contributed by atoms with Crippen molar-refractivity contribution in [2.75, 3.05) is 44.2 Å². The molecule has 0 atom stereocenters. The number of amides is 1. The van der Waals surface area contributed by atoms with E-state index in [4.69, 9.17) is 4.84 Å². The third kappa shape index (κ3) is 5.07. The normalized spacial score (nSPS) is 20.5. The molecule has 35 heavy (non-hydrogen) atoms. The Labute approximate surface area is 207 Å². The van der Waals surface area contributed by atoms with Crippen molar-refractivity contribution in [1.82, 2.24) is 14.7 Å². The molecule has 0 unspecified atom stereocenters. The van der Waals surface area contributed by atoms with Gasteiger partial charge in [-0.25, -0.2) is 12.7 Å². The first-order valence-corrected chi connectivity index (χ1v) is 13.7. The van der Waals surface area contributed by atoms with Crippen molar-refractivity contribution in [1.29, 1.82) is 0 Å². The second kappa shape index (κ2) is 9.64. The monoisotopic (exact) mass is 496 g/mol. The largest absolute Gasteiger partial charge is 0.368 e. The van der Waals surface area contributed by atoms with E-state index in [0.717, 1.165) is 18.7 Å². The molecule has 2 aromatic carbocycles. The number of para-hydroxylation sites is 1. The third-order valence-corrected chi connectivity index (χ3v) is 9.03. The van der Waals surface area contributed by atoms with Crippen molar-refractivity contribution in [3.63, 3.8) is 0 Å². The van der Waals surface area contributed by atoms with Crippen molar-refractivity contribution in [2.24, 2.45) is 0 Å². The van der Waals surface area contributed by atoms with Crippen LogP contribution in [0.5, 0.6) is 0 Å². The lowest BCUT2D eigenvalue weighted by Crippen LogP contribution is -2.50. The average Bonchev–Trinajstić information content (AvgIpc) is 3.28. The van der Waals surface area contributed by atoms with Crippen LogP contribution in [-0.2, 0) is 25.4 Å². The number of piperidine rings is 1. The number of benzene rings is 2. The highest BCUT2D eigenvalue weighted by Crippen LogP contribution is 2.34. The van der Waals surface area contributed by atoms with E-state index in [1.165, 1.54) is 15.6 Å². The Bertz CT molecular complexity index is 1200. The van der Waals surface area contributed by atoms with Gasteiger partial charge in [0.15, 0.2) is 0 Å². The van der Waals surface area contributed by atoms with E-state index < -0.39 is 15.6 Å². The lowest BCUT2D eigenvalue weighted by atomic mass is 9.92. The molecule has 0 bridgehead atoms. The molecule has 0 radical (unpaired) electrons. The molecule has 9 heteroatoms. The lowest BCUT2D eigenvalue weighted by molar-refractivity contribution is -0.129. The Kier molecular flexibility index (Phi) is 6.57. The molecule has 0 aromatic heterocycles. The van der Waals surface area contributed by atoms with Crippen LogP contribution in [0, 0.1) is 6.92 Å². The van der Waals surface area contributed by atoms with Crippen molar-refractivity contribution < 1.29 is 18.0 Å². The van der Waals surface area contributed by atoms with Gasteiger partial charge >= 0.3 is 0 Å². The fraction of sp³-hybridized carbons (Fsp3) is 0.423. The van der Waals surface area contributed by atoms with Gasteiger partial charge in [-0.2, -0.15) is 0 Å². The molecule has 3 heterocycles. The molecular formula is C26H32N4O4S. The molecule has 0 aliphatic carbocycles. The molecule has 1 N–H and O–H groups in total. The first kappa shape index (κ1) is 23.8. The molecule has 186 valence electrons. The molecule has 1 amide bonds. The topological polar surface area (TPSA) is 82.2 Å². The van der Waals surface area contributed by atoms with E-state index in [2.05, 4.69) is 29.4 Å². The number of aryl methyl sites for hydroxylation is 1. The van der Waals surface area contributed by atoms with Gasteiger partial charge in [0.05, 0.1) is 5.75 Å². The number of carbonyl (C=O) groups excluding carboxylic acids is 1. The first-order valence-electron chi connectivity index (χ1n) is 12.1. The van der Waals surface area contributed by atoms with E-state index in [9.17, 15) is 13.2 Å². The molecule has 3 aliphatic rings. The van der Waals surface area contributed by atoms with Gasteiger partial charge in [-0.3, -0.25) is 15.1 Å². The van der Waals surface area contributed by atoms with Crippen molar-refractivity contribution >= 4 is 21.6 Å². The molecule has 3 aliphatic heterocycles. The van der Waals surface area contributed by atoms with Gasteiger partial charge in [-0.1, -0.05) is 48.5 Å². The highest BCUT2D eigenvalue weighted by atomic mass is 32.2. The molecule has 5 rings (SSSR count). The molecule has 2 saturated heterocycles. The number of nitrogens with zero attached hydrogens (tertiary/aromatic N) is 3. The Morgan fingerprint density at radius 2 is 1.60 bits per heavy atom. The predicted octanol–water partition coefficient (Wildman–Crippen LogP) is 2.43. The second-order valence-electron chi connectivity index (χ2n) is 9.53. The molecular weight excluding hydrogens is 464 g/mol. The number of rotatable bonds is 5. The van der Waals surface area contributed by atoms with Crippen LogP contribution < -0.4 is 10.4 Å². The Hall–Kier alpha value is -2.88. The van der Waals surface area contributed by atoms with E-state index >= 15 is 0 Å². The smallest absolute Gasteiger partial charge is 0.272 e. The molecule has 2 aromatic rings. The minimum Gasteiger partial charge on any atom is -0.368 e. The Morgan fingerprint density at radius 3 is 2.29 bits per heavy atom. The van der Waals surface area contributed by atoms with Gasteiger partial charge in [-0.15, -0.1) is 0 Å². The Morgan fingerprint density at radius 1 is 0.943 bits per heavy atom. The Balaban J connectivity index is 1.17. The summed E-state index contributed by atoms with van der Waals surface area (Å²) in [6, 6.07) is 17.5. The van der Waals surface area contributed by atoms with Gasteiger partial charge in [0.25, 0.3) is 5.91 Å². The van der Waals surface area contributed by atoms with Crippen LogP contribution in [0.2, 0.25) is 0 Å². The molecule has 8 nitrogen and oxygen atoms in total. The zero-order chi connectivity index (χ0) is 24.5. The summed E-state index contributed by atoms with van der Waals surface area (Å²) in [5, 5.41) is 0. The van der Waals surface area contributed by atoms with E-state index in [1.54, 1.807) is 0 Å². The maximum absolute atomic E-state index is 13.2. The minimum atomic E-state index is -3.40. The summed E-state index contributed by atoms with van der Waals surface area (Å²) in [4.78, 5) is 23.2. The summed E-state index contributed by atoms with van der Waals surface area (Å²) in [6.45, 7) is 5.69.